The van der Waals surface area contributed by atoms with Crippen molar-refractivity contribution in [2.24, 2.45) is 5.10 Å². The summed E-state index contributed by atoms with van der Waals surface area (Å²) in [6, 6.07) is 18.5. The highest BCUT2D eigenvalue weighted by Gasteiger charge is 2.28. The smallest absolute Gasteiger partial charge is 0.280 e. The van der Waals surface area contributed by atoms with Gasteiger partial charge >= 0.3 is 0 Å². The molecule has 0 unspecified atom stereocenters. The van der Waals surface area contributed by atoms with Crippen LogP contribution in [0, 0.1) is 3.57 Å². The molecule has 3 aromatic carbocycles. The van der Waals surface area contributed by atoms with Gasteiger partial charge in [0.15, 0.2) is 11.5 Å². The third kappa shape index (κ3) is 5.18. The Bertz CT molecular complexity index is 1280. The summed E-state index contributed by atoms with van der Waals surface area (Å²) in [6.45, 7) is 2.13. The van der Waals surface area contributed by atoms with Gasteiger partial charge in [0.25, 0.3) is 5.91 Å². The van der Waals surface area contributed by atoms with E-state index in [2.05, 4.69) is 27.7 Å². The second-order valence-corrected chi connectivity index (χ2v) is 9.24. The standard InChI is InChI=1S/C25H19Cl2IN2O3/c1-15-19(25(31)30(29-15)18-6-4-3-5-7-18)10-17-12-22(28)24(23(13-17)32-2)33-14-16-8-9-20(26)21(27)11-16/h3-13H,14H2,1-2H3/b19-10+. The van der Waals surface area contributed by atoms with E-state index in [4.69, 9.17) is 32.7 Å². The molecule has 0 fully saturated rings. The third-order valence-corrected chi connectivity index (χ3v) is 6.53. The topological polar surface area (TPSA) is 51.1 Å². The van der Waals surface area contributed by atoms with Crippen molar-refractivity contribution in [1.29, 1.82) is 0 Å². The fraction of sp³-hybridized carbons (Fsp3) is 0.120. The van der Waals surface area contributed by atoms with Gasteiger partial charge in [0.2, 0.25) is 0 Å². The monoisotopic (exact) mass is 592 g/mol. The maximum Gasteiger partial charge on any atom is 0.280 e. The van der Waals surface area contributed by atoms with Crippen LogP contribution in [0.5, 0.6) is 11.5 Å². The quantitative estimate of drug-likeness (QED) is 0.229. The summed E-state index contributed by atoms with van der Waals surface area (Å²) in [7, 11) is 1.58. The maximum absolute atomic E-state index is 13.0. The van der Waals surface area contributed by atoms with Crippen molar-refractivity contribution in [2.75, 3.05) is 12.1 Å². The second kappa shape index (κ2) is 10.2. The van der Waals surface area contributed by atoms with Gasteiger partial charge in [0.1, 0.15) is 6.61 Å². The number of halogens is 3. The minimum atomic E-state index is -0.174. The Balaban J connectivity index is 1.59. The number of carbonyl (C=O) groups is 1. The molecule has 4 rings (SSSR count). The number of para-hydroxylation sites is 1. The summed E-state index contributed by atoms with van der Waals surface area (Å²) < 4.78 is 12.4. The molecule has 1 heterocycles. The van der Waals surface area contributed by atoms with Gasteiger partial charge in [-0.05, 0) is 83.1 Å². The molecule has 5 nitrogen and oxygen atoms in total. The number of hydrogen-bond donors (Lipinski definition) is 0. The van der Waals surface area contributed by atoms with Crippen LogP contribution < -0.4 is 14.5 Å². The van der Waals surface area contributed by atoms with Crippen molar-refractivity contribution < 1.29 is 14.3 Å². The molecule has 1 aliphatic heterocycles. The van der Waals surface area contributed by atoms with E-state index in [0.717, 1.165) is 20.4 Å². The predicted molar refractivity (Wildman–Crippen MR) is 142 cm³/mol. The lowest BCUT2D eigenvalue weighted by atomic mass is 10.1. The molecule has 3 aromatic rings. The molecule has 0 radical (unpaired) electrons. The zero-order valence-corrected chi connectivity index (χ0v) is 21.5. The van der Waals surface area contributed by atoms with Gasteiger partial charge in [-0.3, -0.25) is 4.79 Å². The number of methoxy groups -OCH3 is 1. The highest BCUT2D eigenvalue weighted by Crippen LogP contribution is 2.36. The normalized spacial score (nSPS) is 14.6. The minimum absolute atomic E-state index is 0.174. The number of hydrazone groups is 1. The summed E-state index contributed by atoms with van der Waals surface area (Å²) in [6.07, 6.45) is 1.82. The first-order chi connectivity index (χ1) is 15.9. The number of hydrogen-bond acceptors (Lipinski definition) is 4. The first-order valence-corrected chi connectivity index (χ1v) is 11.8. The van der Waals surface area contributed by atoms with E-state index >= 15 is 0 Å². The SMILES string of the molecule is COc1cc(/C=C2/C(=O)N(c3ccccc3)N=C2C)cc(I)c1OCc1ccc(Cl)c(Cl)c1. The Kier molecular flexibility index (Phi) is 7.26. The first kappa shape index (κ1) is 23.6. The molecule has 1 amide bonds. The molecule has 0 atom stereocenters. The molecule has 8 heteroatoms. The molecule has 0 spiro atoms. The molecule has 0 saturated heterocycles. The summed E-state index contributed by atoms with van der Waals surface area (Å²) in [5.41, 5.74) is 3.60. The van der Waals surface area contributed by atoms with E-state index < -0.39 is 0 Å². The van der Waals surface area contributed by atoms with Crippen molar-refractivity contribution in [3.63, 3.8) is 0 Å². The summed E-state index contributed by atoms with van der Waals surface area (Å²) in [5.74, 6) is 1.00. The zero-order chi connectivity index (χ0) is 23.5. The average molecular weight is 593 g/mol. The van der Waals surface area contributed by atoms with Gasteiger partial charge in [0.05, 0.1) is 37.7 Å². The fourth-order valence-electron chi connectivity index (χ4n) is 3.34. The van der Waals surface area contributed by atoms with Crippen LogP contribution in [0.2, 0.25) is 10.0 Å². The lowest BCUT2D eigenvalue weighted by Gasteiger charge is -2.14. The zero-order valence-electron chi connectivity index (χ0n) is 17.8. The highest BCUT2D eigenvalue weighted by molar-refractivity contribution is 14.1. The number of nitrogens with zero attached hydrogens (tertiary/aromatic N) is 2. The molecule has 0 aromatic heterocycles. The number of ether oxygens (including phenoxy) is 2. The van der Waals surface area contributed by atoms with Crippen LogP contribution in [0.3, 0.4) is 0 Å². The highest BCUT2D eigenvalue weighted by atomic mass is 127. The average Bonchev–Trinajstić information content (AvgIpc) is 3.09. The lowest BCUT2D eigenvalue weighted by Crippen LogP contribution is -2.21. The third-order valence-electron chi connectivity index (χ3n) is 4.99. The summed E-state index contributed by atoms with van der Waals surface area (Å²) >= 11 is 14.3. The van der Waals surface area contributed by atoms with Crippen LogP contribution in [0.15, 0.2) is 71.3 Å². The molecule has 1 aliphatic rings. The molecule has 0 saturated carbocycles. The molecule has 0 bridgehead atoms. The Morgan fingerprint density at radius 3 is 2.52 bits per heavy atom. The van der Waals surface area contributed by atoms with Gasteiger partial charge in [0, 0.05) is 0 Å². The fourth-order valence-corrected chi connectivity index (χ4v) is 4.45. The van der Waals surface area contributed by atoms with Gasteiger partial charge in [-0.1, -0.05) is 47.5 Å². The molecule has 0 N–H and O–H groups in total. The van der Waals surface area contributed by atoms with Crippen molar-refractivity contribution >= 4 is 69.2 Å². The summed E-state index contributed by atoms with van der Waals surface area (Å²) in [5, 5.41) is 6.82. The Morgan fingerprint density at radius 1 is 1.06 bits per heavy atom. The number of anilines is 1. The van der Waals surface area contributed by atoms with Crippen molar-refractivity contribution in [3.05, 3.63) is 91.0 Å². The number of carbonyl (C=O) groups excluding carboxylic acids is 1. The van der Waals surface area contributed by atoms with Gasteiger partial charge in [-0.2, -0.15) is 10.1 Å². The van der Waals surface area contributed by atoms with Crippen LogP contribution in [0.4, 0.5) is 5.69 Å². The van der Waals surface area contributed by atoms with Crippen molar-refractivity contribution in [3.8, 4) is 11.5 Å². The Morgan fingerprint density at radius 2 is 1.82 bits per heavy atom. The molecular weight excluding hydrogens is 574 g/mol. The van der Waals surface area contributed by atoms with E-state index in [1.54, 1.807) is 19.2 Å². The van der Waals surface area contributed by atoms with E-state index in [1.807, 2.05) is 61.5 Å². The molecule has 168 valence electrons. The van der Waals surface area contributed by atoms with Gasteiger partial charge in [-0.15, -0.1) is 0 Å². The van der Waals surface area contributed by atoms with E-state index in [9.17, 15) is 4.79 Å². The largest absolute Gasteiger partial charge is 0.493 e. The van der Waals surface area contributed by atoms with Gasteiger partial charge in [-0.25, -0.2) is 0 Å². The van der Waals surface area contributed by atoms with Crippen LogP contribution >= 0.6 is 45.8 Å². The van der Waals surface area contributed by atoms with E-state index in [-0.39, 0.29) is 5.91 Å². The Labute approximate surface area is 215 Å². The van der Waals surface area contributed by atoms with Crippen molar-refractivity contribution in [1.82, 2.24) is 0 Å². The number of rotatable bonds is 6. The van der Waals surface area contributed by atoms with Gasteiger partial charge < -0.3 is 9.47 Å². The van der Waals surface area contributed by atoms with Crippen LogP contribution in [-0.2, 0) is 11.4 Å². The summed E-state index contributed by atoms with van der Waals surface area (Å²) in [4.78, 5) is 13.0. The number of benzene rings is 3. The van der Waals surface area contributed by atoms with Crippen molar-refractivity contribution in [2.45, 2.75) is 13.5 Å². The second-order valence-electron chi connectivity index (χ2n) is 7.27. The Hall–Kier alpha value is -2.55. The minimum Gasteiger partial charge on any atom is -0.493 e. The molecular formula is C25H19Cl2IN2O3. The lowest BCUT2D eigenvalue weighted by molar-refractivity contribution is -0.114. The van der Waals surface area contributed by atoms with E-state index in [1.165, 1.54) is 5.01 Å². The van der Waals surface area contributed by atoms with Crippen LogP contribution in [0.25, 0.3) is 6.08 Å². The molecule has 0 aliphatic carbocycles. The maximum atomic E-state index is 13.0. The van der Waals surface area contributed by atoms with Crippen LogP contribution in [0.1, 0.15) is 18.1 Å². The number of amides is 1. The molecule has 33 heavy (non-hydrogen) atoms. The van der Waals surface area contributed by atoms with E-state index in [0.29, 0.717) is 39.4 Å². The van der Waals surface area contributed by atoms with Crippen LogP contribution in [-0.4, -0.2) is 18.7 Å². The first-order valence-electron chi connectivity index (χ1n) is 9.98. The predicted octanol–water partition coefficient (Wildman–Crippen LogP) is 6.99.